The molecule has 2 aromatic carbocycles. The Balaban J connectivity index is 1.80. The van der Waals surface area contributed by atoms with Crippen molar-refractivity contribution in [1.82, 2.24) is 4.90 Å². The lowest BCUT2D eigenvalue weighted by Gasteiger charge is -2.26. The topological polar surface area (TPSA) is 57.6 Å². The first-order valence-corrected chi connectivity index (χ1v) is 7.99. The first-order valence-electron chi connectivity index (χ1n) is 7.99. The van der Waals surface area contributed by atoms with Crippen molar-refractivity contribution in [3.8, 4) is 11.1 Å². The van der Waals surface area contributed by atoms with Gasteiger partial charge in [-0.25, -0.2) is 9.18 Å². The molecule has 0 bridgehead atoms. The summed E-state index contributed by atoms with van der Waals surface area (Å²) in [7, 11) is 0. The van der Waals surface area contributed by atoms with Crippen LogP contribution in [0.2, 0.25) is 0 Å². The highest BCUT2D eigenvalue weighted by Gasteiger charge is 2.18. The van der Waals surface area contributed by atoms with E-state index < -0.39 is 11.8 Å². The zero-order valence-corrected chi connectivity index (χ0v) is 13.2. The minimum Gasteiger partial charge on any atom is -0.478 e. The second-order valence-electron chi connectivity index (χ2n) is 5.93. The number of piperidine rings is 1. The maximum absolute atomic E-state index is 13.8. The molecule has 4 nitrogen and oxygen atoms in total. The molecule has 1 aliphatic heterocycles. The van der Waals surface area contributed by atoms with Crippen LogP contribution in [0.5, 0.6) is 0 Å². The van der Waals surface area contributed by atoms with E-state index in [-0.39, 0.29) is 11.5 Å². The smallest absolute Gasteiger partial charge is 0.338 e. The molecule has 0 aliphatic carbocycles. The monoisotopic (exact) mass is 327 g/mol. The second kappa shape index (κ2) is 6.83. The quantitative estimate of drug-likeness (QED) is 0.932. The van der Waals surface area contributed by atoms with Gasteiger partial charge in [-0.3, -0.25) is 4.79 Å². The Hall–Kier alpha value is -2.69. The van der Waals surface area contributed by atoms with E-state index in [1.54, 1.807) is 30.3 Å². The molecule has 0 radical (unpaired) electrons. The van der Waals surface area contributed by atoms with E-state index in [0.717, 1.165) is 31.5 Å². The summed E-state index contributed by atoms with van der Waals surface area (Å²) in [6, 6.07) is 11.0. The lowest BCUT2D eigenvalue weighted by molar-refractivity contribution is 0.0689. The molecule has 24 heavy (non-hydrogen) atoms. The first-order chi connectivity index (χ1) is 11.6. The lowest BCUT2D eigenvalue weighted by atomic mass is 10.0. The Kier molecular flexibility index (Phi) is 4.60. The normalized spacial score (nSPS) is 14.5. The standard InChI is InChI=1S/C19H18FNO3/c20-17-12-15(8-9-16(17)19(23)24)13-4-6-14(7-5-13)18(22)21-10-2-1-3-11-21/h4-9,12H,1-3,10-11H2,(H,23,24). The Labute approximate surface area is 139 Å². The second-order valence-corrected chi connectivity index (χ2v) is 5.93. The van der Waals surface area contributed by atoms with Crippen molar-refractivity contribution >= 4 is 11.9 Å². The van der Waals surface area contributed by atoms with Crippen molar-refractivity contribution in [1.29, 1.82) is 0 Å². The van der Waals surface area contributed by atoms with Crippen molar-refractivity contribution in [2.24, 2.45) is 0 Å². The summed E-state index contributed by atoms with van der Waals surface area (Å²) in [4.78, 5) is 25.1. The van der Waals surface area contributed by atoms with Crippen LogP contribution in [0.4, 0.5) is 4.39 Å². The van der Waals surface area contributed by atoms with Crippen LogP contribution < -0.4 is 0 Å². The van der Waals surface area contributed by atoms with Gasteiger partial charge in [-0.1, -0.05) is 18.2 Å². The molecule has 1 fully saturated rings. The molecule has 0 aromatic heterocycles. The Morgan fingerprint density at radius 1 is 0.917 bits per heavy atom. The van der Waals surface area contributed by atoms with Crippen LogP contribution in [0.3, 0.4) is 0 Å². The summed E-state index contributed by atoms with van der Waals surface area (Å²) in [6.07, 6.45) is 3.25. The molecule has 2 aromatic rings. The van der Waals surface area contributed by atoms with Gasteiger partial charge in [-0.15, -0.1) is 0 Å². The zero-order chi connectivity index (χ0) is 17.1. The van der Waals surface area contributed by atoms with Gasteiger partial charge in [0.2, 0.25) is 0 Å². The molecule has 1 amide bonds. The van der Waals surface area contributed by atoms with Crippen molar-refractivity contribution in [2.45, 2.75) is 19.3 Å². The SMILES string of the molecule is O=C(O)c1ccc(-c2ccc(C(=O)N3CCCCC3)cc2)cc1F. The van der Waals surface area contributed by atoms with Crippen LogP contribution in [-0.4, -0.2) is 35.0 Å². The number of nitrogens with zero attached hydrogens (tertiary/aromatic N) is 1. The lowest BCUT2D eigenvalue weighted by Crippen LogP contribution is -2.35. The van der Waals surface area contributed by atoms with Gasteiger partial charge in [0, 0.05) is 18.7 Å². The summed E-state index contributed by atoms with van der Waals surface area (Å²) >= 11 is 0. The molecule has 3 rings (SSSR count). The van der Waals surface area contributed by atoms with Crippen LogP contribution in [0.1, 0.15) is 40.0 Å². The number of benzene rings is 2. The number of rotatable bonds is 3. The Morgan fingerprint density at radius 3 is 2.12 bits per heavy atom. The average molecular weight is 327 g/mol. The maximum Gasteiger partial charge on any atom is 0.338 e. The van der Waals surface area contributed by atoms with E-state index in [2.05, 4.69) is 0 Å². The van der Waals surface area contributed by atoms with E-state index in [0.29, 0.717) is 11.1 Å². The van der Waals surface area contributed by atoms with E-state index in [1.807, 2.05) is 4.90 Å². The fraction of sp³-hybridized carbons (Fsp3) is 0.263. The van der Waals surface area contributed by atoms with E-state index in [9.17, 15) is 14.0 Å². The van der Waals surface area contributed by atoms with Crippen LogP contribution >= 0.6 is 0 Å². The number of aromatic carboxylic acids is 1. The van der Waals surface area contributed by atoms with Gasteiger partial charge < -0.3 is 10.0 Å². The third-order valence-electron chi connectivity index (χ3n) is 4.31. The molecule has 1 aliphatic rings. The molecule has 0 spiro atoms. The molecule has 5 heteroatoms. The number of likely N-dealkylation sites (tertiary alicyclic amines) is 1. The van der Waals surface area contributed by atoms with Gasteiger partial charge in [0.1, 0.15) is 5.82 Å². The van der Waals surface area contributed by atoms with Gasteiger partial charge in [0.05, 0.1) is 5.56 Å². The maximum atomic E-state index is 13.8. The summed E-state index contributed by atoms with van der Waals surface area (Å²) in [6.45, 7) is 1.59. The minimum atomic E-state index is -1.29. The number of halogens is 1. The van der Waals surface area contributed by atoms with Crippen molar-refractivity contribution < 1.29 is 19.1 Å². The molecule has 1 saturated heterocycles. The molecule has 0 atom stereocenters. The van der Waals surface area contributed by atoms with E-state index in [4.69, 9.17) is 5.11 Å². The van der Waals surface area contributed by atoms with Crippen molar-refractivity contribution in [3.05, 3.63) is 59.4 Å². The summed E-state index contributed by atoms with van der Waals surface area (Å²) < 4.78 is 13.8. The molecule has 124 valence electrons. The van der Waals surface area contributed by atoms with E-state index in [1.165, 1.54) is 18.6 Å². The largest absolute Gasteiger partial charge is 0.478 e. The molecule has 0 unspecified atom stereocenters. The van der Waals surface area contributed by atoms with Gasteiger partial charge >= 0.3 is 5.97 Å². The molecule has 1 N–H and O–H groups in total. The van der Waals surface area contributed by atoms with Gasteiger partial charge in [0.25, 0.3) is 5.91 Å². The van der Waals surface area contributed by atoms with Crippen LogP contribution in [0.15, 0.2) is 42.5 Å². The molecular formula is C19H18FNO3. The number of carboxylic acid groups (broad SMARTS) is 1. The fourth-order valence-electron chi connectivity index (χ4n) is 2.95. The number of hydrogen-bond donors (Lipinski definition) is 1. The molecule has 1 heterocycles. The van der Waals surface area contributed by atoms with Crippen LogP contribution in [0.25, 0.3) is 11.1 Å². The summed E-state index contributed by atoms with van der Waals surface area (Å²) in [5.74, 6) is -2.04. The highest BCUT2D eigenvalue weighted by atomic mass is 19.1. The number of amides is 1. The third kappa shape index (κ3) is 3.30. The Morgan fingerprint density at radius 2 is 1.54 bits per heavy atom. The summed E-state index contributed by atoms with van der Waals surface area (Å²) in [5.41, 5.74) is 1.58. The zero-order valence-electron chi connectivity index (χ0n) is 13.2. The number of carbonyl (C=O) groups excluding carboxylic acids is 1. The minimum absolute atomic E-state index is 0.0219. The van der Waals surface area contributed by atoms with Crippen LogP contribution in [0, 0.1) is 5.82 Å². The number of carbonyl (C=O) groups is 2. The fourth-order valence-corrected chi connectivity index (χ4v) is 2.95. The highest BCUT2D eigenvalue weighted by Crippen LogP contribution is 2.23. The van der Waals surface area contributed by atoms with Crippen LogP contribution in [-0.2, 0) is 0 Å². The third-order valence-corrected chi connectivity index (χ3v) is 4.31. The highest BCUT2D eigenvalue weighted by molar-refractivity contribution is 5.95. The predicted octanol–water partition coefficient (Wildman–Crippen LogP) is 3.82. The molecular weight excluding hydrogens is 309 g/mol. The number of hydrogen-bond acceptors (Lipinski definition) is 2. The van der Waals surface area contributed by atoms with Crippen molar-refractivity contribution in [3.63, 3.8) is 0 Å². The summed E-state index contributed by atoms with van der Waals surface area (Å²) in [5, 5.41) is 8.87. The first kappa shape index (κ1) is 16.2. The van der Waals surface area contributed by atoms with E-state index >= 15 is 0 Å². The Bertz CT molecular complexity index is 765. The molecule has 0 saturated carbocycles. The van der Waals surface area contributed by atoms with Crippen molar-refractivity contribution in [2.75, 3.05) is 13.1 Å². The number of carboxylic acids is 1. The predicted molar refractivity (Wildman–Crippen MR) is 88.5 cm³/mol. The van der Waals surface area contributed by atoms with Gasteiger partial charge in [0.15, 0.2) is 0 Å². The van der Waals surface area contributed by atoms with Gasteiger partial charge in [-0.05, 0) is 54.7 Å². The van der Waals surface area contributed by atoms with Gasteiger partial charge in [-0.2, -0.15) is 0 Å². The average Bonchev–Trinajstić information content (AvgIpc) is 2.61.